The van der Waals surface area contributed by atoms with E-state index >= 15 is 0 Å². The van der Waals surface area contributed by atoms with Gasteiger partial charge in [0, 0.05) is 55.1 Å². The SMILES string of the molecule is COc1ccc2cccc(N3CCN(CCc4c(C)nc5c(C(N)=O)ncn5c4O)CC3)c2c1. The molecule has 176 valence electrons. The summed E-state index contributed by atoms with van der Waals surface area (Å²) in [5.41, 5.74) is 8.37. The van der Waals surface area contributed by atoms with Crippen LogP contribution in [0.2, 0.25) is 0 Å². The number of imidazole rings is 1. The van der Waals surface area contributed by atoms with E-state index < -0.39 is 5.91 Å². The number of benzene rings is 2. The lowest BCUT2D eigenvalue weighted by Gasteiger charge is -2.36. The minimum Gasteiger partial charge on any atom is -0.497 e. The van der Waals surface area contributed by atoms with Crippen molar-refractivity contribution in [2.45, 2.75) is 13.3 Å². The molecule has 34 heavy (non-hydrogen) atoms. The molecule has 0 aliphatic carbocycles. The molecule has 0 spiro atoms. The number of amides is 1. The standard InChI is InChI=1S/C25H28N6O3/c1-16-19(25(33)31-15-27-22(23(26)32)24(31)28-16)8-9-29-10-12-30(13-11-29)21-5-3-4-17-6-7-18(34-2)14-20(17)21/h3-7,14-15,33H,8-13H2,1-2H3,(H2,26,32). The zero-order chi connectivity index (χ0) is 23.8. The summed E-state index contributed by atoms with van der Waals surface area (Å²) in [5, 5.41) is 13.2. The largest absolute Gasteiger partial charge is 0.497 e. The maximum atomic E-state index is 11.6. The number of anilines is 1. The number of aromatic hydroxyl groups is 1. The number of nitrogens with two attached hydrogens (primary N) is 1. The highest BCUT2D eigenvalue weighted by molar-refractivity contribution is 5.97. The summed E-state index contributed by atoms with van der Waals surface area (Å²) < 4.78 is 6.86. The van der Waals surface area contributed by atoms with Crippen molar-refractivity contribution in [2.24, 2.45) is 5.73 Å². The molecule has 1 amide bonds. The summed E-state index contributed by atoms with van der Waals surface area (Å²) in [7, 11) is 1.69. The van der Waals surface area contributed by atoms with Crippen LogP contribution < -0.4 is 15.4 Å². The van der Waals surface area contributed by atoms with Gasteiger partial charge in [0.25, 0.3) is 5.91 Å². The van der Waals surface area contributed by atoms with Gasteiger partial charge >= 0.3 is 0 Å². The Morgan fingerprint density at radius 3 is 2.71 bits per heavy atom. The van der Waals surface area contributed by atoms with E-state index in [2.05, 4.69) is 50.1 Å². The van der Waals surface area contributed by atoms with Crippen LogP contribution in [0.3, 0.4) is 0 Å². The van der Waals surface area contributed by atoms with Crippen LogP contribution >= 0.6 is 0 Å². The van der Waals surface area contributed by atoms with Crippen LogP contribution in [-0.2, 0) is 6.42 Å². The lowest BCUT2D eigenvalue weighted by atomic mass is 10.1. The minimum atomic E-state index is -0.663. The first kappa shape index (κ1) is 22.0. The van der Waals surface area contributed by atoms with Gasteiger partial charge in [0.05, 0.1) is 7.11 Å². The molecule has 2 aromatic carbocycles. The van der Waals surface area contributed by atoms with Gasteiger partial charge in [-0.25, -0.2) is 9.97 Å². The molecule has 3 N–H and O–H groups in total. The molecule has 0 saturated carbocycles. The van der Waals surface area contributed by atoms with Crippen molar-refractivity contribution in [2.75, 3.05) is 44.7 Å². The number of ether oxygens (including phenoxy) is 1. The molecular weight excluding hydrogens is 432 g/mol. The van der Waals surface area contributed by atoms with Gasteiger partial charge in [0.15, 0.2) is 11.3 Å². The van der Waals surface area contributed by atoms with Crippen molar-refractivity contribution in [1.29, 1.82) is 0 Å². The van der Waals surface area contributed by atoms with Crippen LogP contribution in [0.25, 0.3) is 16.4 Å². The first-order chi connectivity index (χ1) is 16.5. The molecule has 9 heteroatoms. The number of hydrogen-bond acceptors (Lipinski definition) is 7. The van der Waals surface area contributed by atoms with E-state index in [0.717, 1.165) is 44.0 Å². The van der Waals surface area contributed by atoms with Crippen LogP contribution in [0, 0.1) is 6.92 Å². The van der Waals surface area contributed by atoms with Crippen LogP contribution in [-0.4, -0.2) is 70.1 Å². The average Bonchev–Trinajstić information content (AvgIpc) is 3.28. The van der Waals surface area contributed by atoms with E-state index in [4.69, 9.17) is 10.5 Å². The van der Waals surface area contributed by atoms with Crippen LogP contribution in [0.5, 0.6) is 11.6 Å². The van der Waals surface area contributed by atoms with Crippen molar-refractivity contribution < 1.29 is 14.6 Å². The van der Waals surface area contributed by atoms with Crippen molar-refractivity contribution >= 4 is 28.0 Å². The fourth-order valence-electron chi connectivity index (χ4n) is 4.72. The molecule has 1 fully saturated rings. The molecule has 0 bridgehead atoms. The monoisotopic (exact) mass is 460 g/mol. The predicted molar refractivity (Wildman–Crippen MR) is 131 cm³/mol. The second-order valence-corrected chi connectivity index (χ2v) is 8.59. The number of nitrogens with zero attached hydrogens (tertiary/aromatic N) is 5. The first-order valence-electron chi connectivity index (χ1n) is 11.4. The third-order valence-electron chi connectivity index (χ3n) is 6.64. The Balaban J connectivity index is 1.28. The number of aromatic nitrogens is 3. The zero-order valence-corrected chi connectivity index (χ0v) is 19.4. The van der Waals surface area contributed by atoms with E-state index in [1.54, 1.807) is 7.11 Å². The molecular formula is C25H28N6O3. The summed E-state index contributed by atoms with van der Waals surface area (Å²) in [6, 6.07) is 12.6. The number of fused-ring (bicyclic) bond motifs is 2. The Morgan fingerprint density at radius 1 is 1.18 bits per heavy atom. The Hall–Kier alpha value is -3.85. The number of hydrogen-bond donors (Lipinski definition) is 2. The normalized spacial score (nSPS) is 14.7. The van der Waals surface area contributed by atoms with Crippen LogP contribution in [0.4, 0.5) is 5.69 Å². The predicted octanol–water partition coefficient (Wildman–Crippen LogP) is 2.37. The summed E-state index contributed by atoms with van der Waals surface area (Å²) in [6.45, 7) is 6.32. The Labute approximate surface area is 197 Å². The fourth-order valence-corrected chi connectivity index (χ4v) is 4.72. The highest BCUT2D eigenvalue weighted by Gasteiger charge is 2.22. The fraction of sp³-hybridized carbons (Fsp3) is 0.320. The molecule has 3 heterocycles. The topological polar surface area (TPSA) is 109 Å². The van der Waals surface area contributed by atoms with Crippen LogP contribution in [0.1, 0.15) is 21.7 Å². The highest BCUT2D eigenvalue weighted by Crippen LogP contribution is 2.31. The number of rotatable bonds is 6. The average molecular weight is 461 g/mol. The van der Waals surface area contributed by atoms with E-state index in [9.17, 15) is 9.90 Å². The summed E-state index contributed by atoms with van der Waals surface area (Å²) in [4.78, 5) is 24.9. The third kappa shape index (κ3) is 3.88. The summed E-state index contributed by atoms with van der Waals surface area (Å²) in [5.74, 6) is 0.259. The lowest BCUT2D eigenvalue weighted by Crippen LogP contribution is -2.47. The van der Waals surface area contributed by atoms with E-state index in [1.165, 1.54) is 27.2 Å². The first-order valence-corrected chi connectivity index (χ1v) is 11.4. The van der Waals surface area contributed by atoms with Gasteiger partial charge in [-0.3, -0.25) is 14.1 Å². The molecule has 1 saturated heterocycles. The molecule has 4 aromatic rings. The van der Waals surface area contributed by atoms with Crippen molar-refractivity contribution in [1.82, 2.24) is 19.3 Å². The zero-order valence-electron chi connectivity index (χ0n) is 19.4. The molecule has 0 unspecified atom stereocenters. The molecule has 0 atom stereocenters. The van der Waals surface area contributed by atoms with Gasteiger partial charge in [0.1, 0.15) is 12.1 Å². The maximum absolute atomic E-state index is 11.6. The molecule has 5 rings (SSSR count). The maximum Gasteiger partial charge on any atom is 0.271 e. The van der Waals surface area contributed by atoms with E-state index in [0.29, 0.717) is 12.1 Å². The molecule has 0 radical (unpaired) electrons. The quantitative estimate of drug-likeness (QED) is 0.455. The molecule has 2 aromatic heterocycles. The number of piperazine rings is 1. The van der Waals surface area contributed by atoms with E-state index in [-0.39, 0.29) is 17.2 Å². The second kappa shape index (κ2) is 8.83. The van der Waals surface area contributed by atoms with Crippen LogP contribution in [0.15, 0.2) is 42.7 Å². The van der Waals surface area contributed by atoms with Gasteiger partial charge in [-0.05, 0) is 36.9 Å². The lowest BCUT2D eigenvalue weighted by molar-refractivity contribution is 0.0997. The molecule has 1 aliphatic rings. The van der Waals surface area contributed by atoms with Gasteiger partial charge < -0.3 is 20.5 Å². The smallest absolute Gasteiger partial charge is 0.271 e. The molecule has 9 nitrogen and oxygen atoms in total. The minimum absolute atomic E-state index is 0.0610. The number of aryl methyl sites for hydroxylation is 1. The summed E-state index contributed by atoms with van der Waals surface area (Å²) >= 11 is 0. The number of carbonyl (C=O) groups excluding carboxylic acids is 1. The van der Waals surface area contributed by atoms with Gasteiger partial charge in [-0.15, -0.1) is 0 Å². The number of methoxy groups -OCH3 is 1. The Kier molecular flexibility index (Phi) is 5.70. The van der Waals surface area contributed by atoms with Crippen molar-refractivity contribution in [3.8, 4) is 11.6 Å². The Morgan fingerprint density at radius 2 is 1.97 bits per heavy atom. The Bertz CT molecular complexity index is 1370. The van der Waals surface area contributed by atoms with Gasteiger partial charge in [0.2, 0.25) is 5.88 Å². The van der Waals surface area contributed by atoms with Crippen molar-refractivity contribution in [3.05, 3.63) is 59.7 Å². The highest BCUT2D eigenvalue weighted by atomic mass is 16.5. The van der Waals surface area contributed by atoms with Gasteiger partial charge in [-0.1, -0.05) is 18.2 Å². The van der Waals surface area contributed by atoms with Gasteiger partial charge in [-0.2, -0.15) is 0 Å². The van der Waals surface area contributed by atoms with Crippen molar-refractivity contribution in [3.63, 3.8) is 0 Å². The van der Waals surface area contributed by atoms with E-state index in [1.807, 2.05) is 13.0 Å². The number of carbonyl (C=O) groups is 1. The number of primary amides is 1. The third-order valence-corrected chi connectivity index (χ3v) is 6.64. The summed E-state index contributed by atoms with van der Waals surface area (Å²) in [6.07, 6.45) is 2.04. The second-order valence-electron chi connectivity index (χ2n) is 8.59. The molecule has 1 aliphatic heterocycles.